The van der Waals surface area contributed by atoms with Crippen LogP contribution in [0.2, 0.25) is 0 Å². The van der Waals surface area contributed by atoms with E-state index in [1.165, 1.54) is 24.3 Å². The lowest BCUT2D eigenvalue weighted by Crippen LogP contribution is -2.17. The third-order valence-corrected chi connectivity index (χ3v) is 4.54. The van der Waals surface area contributed by atoms with Gasteiger partial charge in [-0.3, -0.25) is 0 Å². The number of aliphatic hydroxyl groups is 1. The Kier molecular flexibility index (Phi) is 7.50. The van der Waals surface area contributed by atoms with Crippen molar-refractivity contribution < 1.29 is 36.2 Å². The maximum absolute atomic E-state index is 13.1. The molecule has 0 radical (unpaired) electrons. The van der Waals surface area contributed by atoms with Crippen molar-refractivity contribution in [2.75, 3.05) is 23.8 Å². The summed E-state index contributed by atoms with van der Waals surface area (Å²) in [5.74, 6) is -0.275. The minimum absolute atomic E-state index is 0.0696. The quantitative estimate of drug-likeness (QED) is 0.272. The number of alkyl halides is 6. The van der Waals surface area contributed by atoms with Gasteiger partial charge in [-0.25, -0.2) is 4.98 Å². The van der Waals surface area contributed by atoms with Gasteiger partial charge in [0, 0.05) is 30.5 Å². The highest BCUT2D eigenvalue weighted by Crippen LogP contribution is 2.34. The molecule has 0 spiro atoms. The fourth-order valence-corrected chi connectivity index (χ4v) is 2.94. The van der Waals surface area contributed by atoms with E-state index >= 15 is 0 Å². The van der Waals surface area contributed by atoms with Gasteiger partial charge in [0.05, 0.1) is 11.3 Å². The van der Waals surface area contributed by atoms with Crippen molar-refractivity contribution in [1.82, 2.24) is 9.97 Å². The van der Waals surface area contributed by atoms with Crippen LogP contribution in [0.25, 0.3) is 11.3 Å². The highest BCUT2D eigenvalue weighted by atomic mass is 19.4. The number of aryl methyl sites for hydroxylation is 1. The molecule has 1 aromatic heterocycles. The Morgan fingerprint density at radius 2 is 1.74 bits per heavy atom. The molecule has 0 bridgehead atoms. The molecule has 0 aliphatic rings. The van der Waals surface area contributed by atoms with E-state index in [2.05, 4.69) is 25.3 Å². The van der Waals surface area contributed by atoms with E-state index in [4.69, 9.17) is 5.11 Å². The Balaban J connectivity index is 2.00. The maximum Gasteiger partial charge on any atom is 0.573 e. The molecule has 12 heteroatoms. The number of aromatic nitrogens is 2. The zero-order valence-electron chi connectivity index (χ0n) is 17.8. The lowest BCUT2D eigenvalue weighted by molar-refractivity contribution is -0.274. The number of rotatable bonds is 8. The molecule has 6 nitrogen and oxygen atoms in total. The van der Waals surface area contributed by atoms with Crippen LogP contribution in [0, 0.1) is 6.92 Å². The molecule has 3 N–H and O–H groups in total. The number of hydrogen-bond acceptors (Lipinski definition) is 6. The second kappa shape index (κ2) is 10.2. The Morgan fingerprint density at radius 1 is 0.971 bits per heavy atom. The number of benzene rings is 2. The minimum Gasteiger partial charge on any atom is -0.406 e. The highest BCUT2D eigenvalue weighted by Gasteiger charge is 2.32. The van der Waals surface area contributed by atoms with Crippen LogP contribution < -0.4 is 15.4 Å². The number of halogens is 6. The molecule has 3 rings (SSSR count). The number of nitrogens with one attached hydrogen (secondary N) is 2. The first kappa shape index (κ1) is 25.1. The van der Waals surface area contributed by atoms with Gasteiger partial charge in [-0.2, -0.15) is 18.2 Å². The topological polar surface area (TPSA) is 79.3 Å². The van der Waals surface area contributed by atoms with Crippen LogP contribution in [0.3, 0.4) is 0 Å². The summed E-state index contributed by atoms with van der Waals surface area (Å²) in [5.41, 5.74) is 0.270. The average molecular weight is 486 g/mol. The maximum atomic E-state index is 13.1. The first-order chi connectivity index (χ1) is 15.9. The second-order valence-electron chi connectivity index (χ2n) is 7.19. The van der Waals surface area contributed by atoms with Crippen molar-refractivity contribution in [2.45, 2.75) is 25.9 Å². The third-order valence-electron chi connectivity index (χ3n) is 4.54. The van der Waals surface area contributed by atoms with Gasteiger partial charge in [-0.05, 0) is 43.2 Å². The standard InChI is InChI=1S/C22H20F6N4O2/c1-13-6-7-15(21(23,24)25)11-17(13)30-19-12-18(31-20(32-19)29-8-3-9-33)14-4-2-5-16(10-14)34-22(26,27)28/h2,4-7,10-12,33H,3,8-9H2,1H3,(H2,29,30,31,32). The molecule has 3 aromatic rings. The molecular weight excluding hydrogens is 466 g/mol. The van der Waals surface area contributed by atoms with Crippen LogP contribution in [0.5, 0.6) is 5.75 Å². The van der Waals surface area contributed by atoms with E-state index in [1.54, 1.807) is 6.92 Å². The van der Waals surface area contributed by atoms with Crippen molar-refractivity contribution in [3.05, 3.63) is 59.7 Å². The first-order valence-corrected chi connectivity index (χ1v) is 9.99. The second-order valence-corrected chi connectivity index (χ2v) is 7.19. The Bertz CT molecular complexity index is 1140. The van der Waals surface area contributed by atoms with Crippen LogP contribution in [-0.4, -0.2) is 34.6 Å². The molecule has 0 aliphatic heterocycles. The third kappa shape index (κ3) is 6.98. The van der Waals surface area contributed by atoms with E-state index in [0.29, 0.717) is 18.5 Å². The van der Waals surface area contributed by atoms with Crippen LogP contribution >= 0.6 is 0 Å². The monoisotopic (exact) mass is 486 g/mol. The summed E-state index contributed by atoms with van der Waals surface area (Å²) < 4.78 is 81.2. The van der Waals surface area contributed by atoms with Gasteiger partial charge < -0.3 is 20.5 Å². The summed E-state index contributed by atoms with van der Waals surface area (Å²) >= 11 is 0. The predicted octanol–water partition coefficient (Wildman–Crippen LogP) is 5.91. The van der Waals surface area contributed by atoms with Gasteiger partial charge >= 0.3 is 12.5 Å². The summed E-state index contributed by atoms with van der Waals surface area (Å²) in [5, 5.41) is 14.7. The lowest BCUT2D eigenvalue weighted by atomic mass is 10.1. The van der Waals surface area contributed by atoms with Gasteiger partial charge in [-0.15, -0.1) is 13.2 Å². The molecule has 1 heterocycles. The van der Waals surface area contributed by atoms with Gasteiger partial charge in [0.2, 0.25) is 5.95 Å². The molecule has 0 aliphatic carbocycles. The smallest absolute Gasteiger partial charge is 0.406 e. The molecule has 34 heavy (non-hydrogen) atoms. The Hall–Kier alpha value is -3.54. The van der Waals surface area contributed by atoms with Crippen molar-refractivity contribution in [1.29, 1.82) is 0 Å². The number of aliphatic hydroxyl groups excluding tert-OH is 1. The molecule has 0 fully saturated rings. The number of anilines is 3. The summed E-state index contributed by atoms with van der Waals surface area (Å²) in [6, 6.07) is 9.71. The van der Waals surface area contributed by atoms with Crippen molar-refractivity contribution in [2.24, 2.45) is 0 Å². The van der Waals surface area contributed by atoms with Crippen LogP contribution in [0.1, 0.15) is 17.5 Å². The van der Waals surface area contributed by atoms with Gasteiger partial charge in [0.25, 0.3) is 0 Å². The molecule has 0 unspecified atom stereocenters. The van der Waals surface area contributed by atoms with Crippen molar-refractivity contribution in [3.8, 4) is 17.0 Å². The zero-order valence-corrected chi connectivity index (χ0v) is 17.8. The molecule has 0 saturated heterocycles. The molecule has 0 amide bonds. The molecule has 0 atom stereocenters. The van der Waals surface area contributed by atoms with Crippen LogP contribution in [-0.2, 0) is 6.18 Å². The molecule has 2 aromatic carbocycles. The molecule has 0 saturated carbocycles. The highest BCUT2D eigenvalue weighted by molar-refractivity contribution is 5.69. The SMILES string of the molecule is Cc1ccc(C(F)(F)F)cc1Nc1cc(-c2cccc(OC(F)(F)F)c2)nc(NCCCO)n1. The largest absolute Gasteiger partial charge is 0.573 e. The number of hydrogen-bond donors (Lipinski definition) is 3. The molecular formula is C22H20F6N4O2. The fourth-order valence-electron chi connectivity index (χ4n) is 2.94. The van der Waals surface area contributed by atoms with E-state index in [0.717, 1.165) is 24.3 Å². The number of nitrogens with zero attached hydrogens (tertiary/aromatic N) is 2. The normalized spacial score (nSPS) is 11.9. The van der Waals surface area contributed by atoms with E-state index in [9.17, 15) is 26.3 Å². The lowest BCUT2D eigenvalue weighted by Gasteiger charge is -2.15. The zero-order chi connectivity index (χ0) is 24.9. The van der Waals surface area contributed by atoms with Gasteiger partial charge in [0.15, 0.2) is 0 Å². The van der Waals surface area contributed by atoms with Crippen molar-refractivity contribution in [3.63, 3.8) is 0 Å². The average Bonchev–Trinajstić information content (AvgIpc) is 2.73. The Morgan fingerprint density at radius 3 is 2.41 bits per heavy atom. The van der Waals surface area contributed by atoms with Gasteiger partial charge in [0.1, 0.15) is 11.6 Å². The predicted molar refractivity (Wildman–Crippen MR) is 114 cm³/mol. The fraction of sp³-hybridized carbons (Fsp3) is 0.273. The molecule has 182 valence electrons. The van der Waals surface area contributed by atoms with Gasteiger partial charge in [-0.1, -0.05) is 18.2 Å². The van der Waals surface area contributed by atoms with Crippen LogP contribution in [0.4, 0.5) is 43.8 Å². The van der Waals surface area contributed by atoms with Crippen LogP contribution in [0.15, 0.2) is 48.5 Å². The number of ether oxygens (including phenoxy) is 1. The van der Waals surface area contributed by atoms with E-state index in [-0.39, 0.29) is 35.3 Å². The summed E-state index contributed by atoms with van der Waals surface area (Å²) in [4.78, 5) is 8.51. The van der Waals surface area contributed by atoms with Crippen molar-refractivity contribution >= 4 is 17.5 Å². The summed E-state index contributed by atoms with van der Waals surface area (Å²) in [7, 11) is 0. The van der Waals surface area contributed by atoms with E-state index in [1.807, 2.05) is 0 Å². The summed E-state index contributed by atoms with van der Waals surface area (Å²) in [6.45, 7) is 1.81. The Labute approximate surface area is 190 Å². The minimum atomic E-state index is -4.88. The first-order valence-electron chi connectivity index (χ1n) is 9.99. The van der Waals surface area contributed by atoms with E-state index < -0.39 is 23.9 Å². The summed E-state index contributed by atoms with van der Waals surface area (Å²) in [6.07, 6.45) is -9.05.